The summed E-state index contributed by atoms with van der Waals surface area (Å²) >= 11 is 0. The lowest BCUT2D eigenvalue weighted by molar-refractivity contribution is -0.151. The molecule has 0 aromatic carbocycles. The summed E-state index contributed by atoms with van der Waals surface area (Å²) in [6, 6.07) is 0. The van der Waals surface area contributed by atoms with Crippen LogP contribution in [-0.4, -0.2) is 48.2 Å². The van der Waals surface area contributed by atoms with Gasteiger partial charge in [0.15, 0.2) is 0 Å². The van der Waals surface area contributed by atoms with Gasteiger partial charge in [0.2, 0.25) is 5.76 Å². The number of nitrogens with zero attached hydrogens (tertiary/aromatic N) is 1. The maximum Gasteiger partial charge on any atom is 0.311 e. The number of carbonyl (C=O) groups excluding carboxylic acids is 1. The summed E-state index contributed by atoms with van der Waals surface area (Å²) in [5, 5.41) is 9.44. The van der Waals surface area contributed by atoms with Crippen molar-refractivity contribution in [2.75, 3.05) is 26.3 Å². The molecule has 2 aliphatic heterocycles. The lowest BCUT2D eigenvalue weighted by Gasteiger charge is -2.29. The van der Waals surface area contributed by atoms with Crippen LogP contribution in [0.3, 0.4) is 0 Å². The fraction of sp³-hybridized carbons (Fsp3) is 0.692. The number of aliphatic carboxylic acids is 1. The molecule has 2 heterocycles. The van der Waals surface area contributed by atoms with Gasteiger partial charge in [0.05, 0.1) is 5.41 Å². The molecule has 19 heavy (non-hydrogen) atoms. The Bertz CT molecular complexity index is 417. The molecule has 1 N–H and O–H groups in total. The van der Waals surface area contributed by atoms with Crippen molar-refractivity contribution in [3.05, 3.63) is 12.0 Å². The van der Waals surface area contributed by atoms with Crippen molar-refractivity contribution in [1.29, 1.82) is 0 Å². The summed E-state index contributed by atoms with van der Waals surface area (Å²) in [5.41, 5.74) is -0.855. The Morgan fingerprint density at radius 2 is 2.16 bits per heavy atom. The van der Waals surface area contributed by atoms with E-state index in [-0.39, 0.29) is 24.1 Å². The van der Waals surface area contributed by atoms with Crippen LogP contribution in [0.15, 0.2) is 12.0 Å². The number of ether oxygens (including phenoxy) is 2. The van der Waals surface area contributed by atoms with Crippen LogP contribution in [0, 0.1) is 11.3 Å². The maximum absolute atomic E-state index is 12.2. The van der Waals surface area contributed by atoms with E-state index in [4.69, 9.17) is 9.47 Å². The molecule has 0 aromatic rings. The topological polar surface area (TPSA) is 76.1 Å². The molecule has 1 fully saturated rings. The second kappa shape index (κ2) is 5.11. The van der Waals surface area contributed by atoms with E-state index in [2.05, 4.69) is 0 Å². The van der Waals surface area contributed by atoms with Gasteiger partial charge in [-0.25, -0.2) is 0 Å². The quantitative estimate of drug-likeness (QED) is 0.821. The zero-order chi connectivity index (χ0) is 14.0. The van der Waals surface area contributed by atoms with Crippen molar-refractivity contribution in [1.82, 2.24) is 4.90 Å². The van der Waals surface area contributed by atoms with Gasteiger partial charge in [-0.2, -0.15) is 0 Å². The number of hydrogen-bond donors (Lipinski definition) is 1. The highest BCUT2D eigenvalue weighted by molar-refractivity contribution is 5.92. The number of hydrogen-bond acceptors (Lipinski definition) is 4. The fourth-order valence-electron chi connectivity index (χ4n) is 2.54. The lowest BCUT2D eigenvalue weighted by atomic mass is 9.76. The average Bonchev–Trinajstić information content (AvgIpc) is 2.85. The van der Waals surface area contributed by atoms with Crippen LogP contribution in [0.4, 0.5) is 0 Å². The van der Waals surface area contributed by atoms with Crippen molar-refractivity contribution < 1.29 is 24.2 Å². The zero-order valence-electron chi connectivity index (χ0n) is 11.2. The van der Waals surface area contributed by atoms with E-state index in [0.29, 0.717) is 26.2 Å². The molecule has 0 radical (unpaired) electrons. The maximum atomic E-state index is 12.2. The third-order valence-electron chi connectivity index (χ3n) is 3.98. The van der Waals surface area contributed by atoms with E-state index < -0.39 is 11.4 Å². The Kier molecular flexibility index (Phi) is 3.68. The van der Waals surface area contributed by atoms with Crippen LogP contribution in [0.2, 0.25) is 0 Å². The number of carboxylic acid groups (broad SMARTS) is 1. The first-order chi connectivity index (χ1) is 8.97. The first-order valence-electron chi connectivity index (χ1n) is 6.44. The SMILES string of the molecule is CC(C)C1(C(=O)O)CCN(C(=O)C2=COCCO2)C1. The summed E-state index contributed by atoms with van der Waals surface area (Å²) < 4.78 is 10.3. The molecule has 6 nitrogen and oxygen atoms in total. The van der Waals surface area contributed by atoms with Crippen molar-refractivity contribution in [2.24, 2.45) is 11.3 Å². The Balaban J connectivity index is 2.11. The summed E-state index contributed by atoms with van der Waals surface area (Å²) in [6.07, 6.45) is 1.78. The molecular weight excluding hydrogens is 250 g/mol. The molecule has 1 unspecified atom stereocenters. The van der Waals surface area contributed by atoms with E-state index in [1.807, 2.05) is 13.8 Å². The number of rotatable bonds is 3. The van der Waals surface area contributed by atoms with Crippen molar-refractivity contribution in [3.8, 4) is 0 Å². The minimum absolute atomic E-state index is 0.0275. The molecule has 2 aliphatic rings. The Morgan fingerprint density at radius 1 is 1.42 bits per heavy atom. The largest absolute Gasteiger partial charge is 0.494 e. The minimum atomic E-state index is -0.855. The van der Waals surface area contributed by atoms with Gasteiger partial charge in [0, 0.05) is 13.1 Å². The second-order valence-corrected chi connectivity index (χ2v) is 5.29. The van der Waals surface area contributed by atoms with E-state index in [9.17, 15) is 14.7 Å². The monoisotopic (exact) mass is 269 g/mol. The number of amides is 1. The minimum Gasteiger partial charge on any atom is -0.494 e. The van der Waals surface area contributed by atoms with Gasteiger partial charge in [-0.1, -0.05) is 13.8 Å². The first kappa shape index (κ1) is 13.7. The predicted octanol–water partition coefficient (Wildman–Crippen LogP) is 0.834. The standard InChI is InChI=1S/C13H19NO5/c1-9(2)13(12(16)17)3-4-14(8-13)11(15)10-7-18-5-6-19-10/h7,9H,3-6,8H2,1-2H3,(H,16,17). The van der Waals surface area contributed by atoms with Crippen molar-refractivity contribution in [2.45, 2.75) is 20.3 Å². The van der Waals surface area contributed by atoms with Crippen molar-refractivity contribution >= 4 is 11.9 Å². The summed E-state index contributed by atoms with van der Waals surface area (Å²) in [5.74, 6) is -0.993. The molecule has 2 rings (SSSR count). The van der Waals surface area contributed by atoms with Crippen LogP contribution in [0.25, 0.3) is 0 Å². The molecular formula is C13H19NO5. The van der Waals surface area contributed by atoms with E-state index in [1.54, 1.807) is 0 Å². The van der Waals surface area contributed by atoms with Crippen LogP contribution < -0.4 is 0 Å². The number of carboxylic acids is 1. The van der Waals surface area contributed by atoms with Gasteiger partial charge < -0.3 is 19.5 Å². The molecule has 0 bridgehead atoms. The summed E-state index contributed by atoms with van der Waals surface area (Å²) in [6.45, 7) is 5.19. The third kappa shape index (κ3) is 2.39. The molecule has 6 heteroatoms. The van der Waals surface area contributed by atoms with Gasteiger partial charge in [0.1, 0.15) is 19.5 Å². The van der Waals surface area contributed by atoms with Crippen molar-refractivity contribution in [3.63, 3.8) is 0 Å². The highest BCUT2D eigenvalue weighted by Crippen LogP contribution is 2.38. The fourth-order valence-corrected chi connectivity index (χ4v) is 2.54. The number of likely N-dealkylation sites (tertiary alicyclic amines) is 1. The second-order valence-electron chi connectivity index (χ2n) is 5.29. The Labute approximate surface area is 112 Å². The molecule has 1 saturated heterocycles. The smallest absolute Gasteiger partial charge is 0.311 e. The third-order valence-corrected chi connectivity index (χ3v) is 3.98. The molecule has 1 amide bonds. The van der Waals surface area contributed by atoms with Crippen LogP contribution in [0.1, 0.15) is 20.3 Å². The van der Waals surface area contributed by atoms with E-state index in [0.717, 1.165) is 0 Å². The zero-order valence-corrected chi connectivity index (χ0v) is 11.2. The molecule has 106 valence electrons. The Morgan fingerprint density at radius 3 is 2.63 bits per heavy atom. The molecule has 0 aromatic heterocycles. The molecule has 0 aliphatic carbocycles. The number of carbonyl (C=O) groups is 2. The molecule has 0 spiro atoms. The van der Waals surface area contributed by atoms with Gasteiger partial charge >= 0.3 is 5.97 Å². The lowest BCUT2D eigenvalue weighted by Crippen LogP contribution is -2.41. The summed E-state index contributed by atoms with van der Waals surface area (Å²) in [7, 11) is 0. The summed E-state index contributed by atoms with van der Waals surface area (Å²) in [4.78, 5) is 25.2. The van der Waals surface area contributed by atoms with Crippen LogP contribution in [0.5, 0.6) is 0 Å². The molecule has 0 saturated carbocycles. The van der Waals surface area contributed by atoms with E-state index >= 15 is 0 Å². The highest BCUT2D eigenvalue weighted by atomic mass is 16.6. The normalized spacial score (nSPS) is 26.7. The predicted molar refractivity (Wildman–Crippen MR) is 66.1 cm³/mol. The van der Waals surface area contributed by atoms with E-state index in [1.165, 1.54) is 11.2 Å². The van der Waals surface area contributed by atoms with Gasteiger partial charge in [-0.15, -0.1) is 0 Å². The average molecular weight is 269 g/mol. The van der Waals surface area contributed by atoms with Gasteiger partial charge in [0.25, 0.3) is 5.91 Å². The Hall–Kier alpha value is -1.72. The van der Waals surface area contributed by atoms with Crippen LogP contribution in [-0.2, 0) is 19.1 Å². The molecule has 1 atom stereocenters. The first-order valence-corrected chi connectivity index (χ1v) is 6.44. The van der Waals surface area contributed by atoms with Crippen LogP contribution >= 0.6 is 0 Å². The highest BCUT2D eigenvalue weighted by Gasteiger charge is 2.49. The van der Waals surface area contributed by atoms with Gasteiger partial charge in [-0.3, -0.25) is 9.59 Å². The van der Waals surface area contributed by atoms with Gasteiger partial charge in [-0.05, 0) is 12.3 Å².